The molecule has 184 valence electrons. The number of nitrogens with zero attached hydrogens (tertiary/aromatic N) is 3. The Morgan fingerprint density at radius 3 is 2.24 bits per heavy atom. The van der Waals surface area contributed by atoms with Crippen molar-refractivity contribution >= 4 is 40.0 Å². The zero-order chi connectivity index (χ0) is 25.5. The van der Waals surface area contributed by atoms with Crippen molar-refractivity contribution in [2.75, 3.05) is 11.9 Å². The van der Waals surface area contributed by atoms with Gasteiger partial charge in [-0.3, -0.25) is 9.78 Å². The fourth-order valence-corrected chi connectivity index (χ4v) is 5.61. The minimum absolute atomic E-state index is 0.00366. The fourth-order valence-electron chi connectivity index (χ4n) is 3.72. The molecule has 37 heavy (non-hydrogen) atoms. The maximum Gasteiger partial charge on any atom is 0.270 e. The van der Waals surface area contributed by atoms with Crippen LogP contribution < -0.4 is 10.6 Å². The molecule has 0 spiro atoms. The third-order valence-corrected chi connectivity index (χ3v) is 7.58. The van der Waals surface area contributed by atoms with Crippen molar-refractivity contribution in [3.8, 4) is 0 Å². The number of thiazole rings is 1. The summed E-state index contributed by atoms with van der Waals surface area (Å²) >= 11 is 2.99. The van der Waals surface area contributed by atoms with Gasteiger partial charge in [0, 0.05) is 17.3 Å². The van der Waals surface area contributed by atoms with E-state index in [1.54, 1.807) is 24.7 Å². The highest BCUT2D eigenvalue weighted by atomic mass is 32.2. The highest BCUT2D eigenvalue weighted by molar-refractivity contribution is 8.01. The summed E-state index contributed by atoms with van der Waals surface area (Å²) in [7, 11) is 0. The second-order valence-electron chi connectivity index (χ2n) is 8.08. The van der Waals surface area contributed by atoms with Crippen molar-refractivity contribution in [3.05, 3.63) is 126 Å². The monoisotopic (exact) mass is 525 g/mol. The van der Waals surface area contributed by atoms with Crippen LogP contribution in [0, 0.1) is 0 Å². The number of anilines is 2. The van der Waals surface area contributed by atoms with E-state index >= 15 is 0 Å². The number of amides is 1. The second-order valence-corrected chi connectivity index (χ2v) is 10.5. The summed E-state index contributed by atoms with van der Waals surface area (Å²) in [4.78, 5) is 26.8. The van der Waals surface area contributed by atoms with Gasteiger partial charge in [-0.05, 0) is 35.4 Å². The normalized spacial score (nSPS) is 11.2. The summed E-state index contributed by atoms with van der Waals surface area (Å²) in [5.74, 6) is 0.358. The van der Waals surface area contributed by atoms with Gasteiger partial charge in [0.05, 0.1) is 17.0 Å². The van der Waals surface area contributed by atoms with Gasteiger partial charge in [0.15, 0.2) is 5.13 Å². The number of pyridine rings is 2. The molecule has 0 bridgehead atoms. The molecule has 0 saturated heterocycles. The van der Waals surface area contributed by atoms with Crippen molar-refractivity contribution in [2.45, 2.75) is 14.7 Å². The van der Waals surface area contributed by atoms with Crippen LogP contribution in [0.15, 0.2) is 119 Å². The molecule has 0 aliphatic rings. The lowest BCUT2D eigenvalue weighted by molar-refractivity contribution is 0.0693. The number of rotatable bonds is 9. The Bertz CT molecular complexity index is 1420. The Morgan fingerprint density at radius 1 is 0.865 bits per heavy atom. The first-order valence-electron chi connectivity index (χ1n) is 11.5. The van der Waals surface area contributed by atoms with Crippen LogP contribution >= 0.6 is 23.1 Å². The molecule has 3 aromatic heterocycles. The van der Waals surface area contributed by atoms with Crippen LogP contribution in [-0.2, 0) is 5.60 Å². The SMILES string of the molecule is O=C(NCC(O)(c1ccccc1)c1ccccc1)c1cc(Sc2cnc(Nc3ccccn3)s2)ccn1. The molecule has 0 fully saturated rings. The molecular weight excluding hydrogens is 502 g/mol. The molecule has 3 N–H and O–H groups in total. The molecule has 0 saturated carbocycles. The molecule has 1 amide bonds. The van der Waals surface area contributed by atoms with Crippen molar-refractivity contribution in [1.29, 1.82) is 0 Å². The number of carbonyl (C=O) groups is 1. The van der Waals surface area contributed by atoms with Gasteiger partial charge >= 0.3 is 0 Å². The number of hydrogen-bond donors (Lipinski definition) is 3. The largest absolute Gasteiger partial charge is 0.379 e. The van der Waals surface area contributed by atoms with Crippen molar-refractivity contribution in [2.24, 2.45) is 0 Å². The van der Waals surface area contributed by atoms with Crippen molar-refractivity contribution in [1.82, 2.24) is 20.3 Å². The molecular formula is C28H23N5O2S2. The standard InChI is InChI=1S/C28H23N5O2S2/c34-26(32-19-28(35,20-9-3-1-4-10-20)21-11-5-2-6-12-21)23-17-22(14-16-29-23)36-25-18-31-27(37-25)33-24-13-7-8-15-30-24/h1-18,35H,19H2,(H,32,34)(H,30,31,33). The molecule has 0 unspecified atom stereocenters. The zero-order valence-corrected chi connectivity index (χ0v) is 21.2. The van der Waals surface area contributed by atoms with Gasteiger partial charge < -0.3 is 15.7 Å². The Kier molecular flexibility index (Phi) is 7.55. The average Bonchev–Trinajstić information content (AvgIpc) is 3.39. The van der Waals surface area contributed by atoms with Crippen LogP contribution in [0.3, 0.4) is 0 Å². The molecule has 5 rings (SSSR count). The topological polar surface area (TPSA) is 100 Å². The predicted octanol–water partition coefficient (Wildman–Crippen LogP) is 5.49. The maximum absolute atomic E-state index is 13.0. The average molecular weight is 526 g/mol. The lowest BCUT2D eigenvalue weighted by Gasteiger charge is -2.29. The molecule has 0 aliphatic carbocycles. The molecule has 9 heteroatoms. The van der Waals surface area contributed by atoms with E-state index in [0.717, 1.165) is 20.1 Å². The summed E-state index contributed by atoms with van der Waals surface area (Å²) in [5.41, 5.74) is 0.271. The van der Waals surface area contributed by atoms with Crippen molar-refractivity contribution in [3.63, 3.8) is 0 Å². The highest BCUT2D eigenvalue weighted by Gasteiger charge is 2.32. The van der Waals surface area contributed by atoms with Gasteiger partial charge in [-0.1, -0.05) is 89.8 Å². The van der Waals surface area contributed by atoms with Gasteiger partial charge in [-0.15, -0.1) is 0 Å². The molecule has 5 aromatic rings. The summed E-state index contributed by atoms with van der Waals surface area (Å²) < 4.78 is 0.957. The van der Waals surface area contributed by atoms with Gasteiger partial charge in [-0.2, -0.15) is 0 Å². The van der Waals surface area contributed by atoms with E-state index in [0.29, 0.717) is 11.1 Å². The summed E-state index contributed by atoms with van der Waals surface area (Å²) in [6.07, 6.45) is 5.10. The molecule has 7 nitrogen and oxygen atoms in total. The van der Waals surface area contributed by atoms with E-state index in [9.17, 15) is 9.90 Å². The van der Waals surface area contributed by atoms with Crippen LogP contribution in [0.4, 0.5) is 10.9 Å². The summed E-state index contributed by atoms with van der Waals surface area (Å²) in [6, 6.07) is 27.8. The lowest BCUT2D eigenvalue weighted by Crippen LogP contribution is -2.41. The quantitative estimate of drug-likeness (QED) is 0.234. The van der Waals surface area contributed by atoms with E-state index in [1.807, 2.05) is 84.9 Å². The lowest BCUT2D eigenvalue weighted by atomic mass is 9.86. The minimum Gasteiger partial charge on any atom is -0.379 e. The van der Waals surface area contributed by atoms with E-state index in [2.05, 4.69) is 25.6 Å². The van der Waals surface area contributed by atoms with Gasteiger partial charge in [0.1, 0.15) is 17.1 Å². The minimum atomic E-state index is -1.38. The number of aromatic nitrogens is 3. The fraction of sp³-hybridized carbons (Fsp3) is 0.0714. The van der Waals surface area contributed by atoms with Gasteiger partial charge in [0.25, 0.3) is 5.91 Å². The highest BCUT2D eigenvalue weighted by Crippen LogP contribution is 2.35. The number of nitrogens with one attached hydrogen (secondary N) is 2. The van der Waals surface area contributed by atoms with Crippen LogP contribution in [-0.4, -0.2) is 32.5 Å². The Balaban J connectivity index is 1.27. The third kappa shape index (κ3) is 6.03. The van der Waals surface area contributed by atoms with E-state index in [1.165, 1.54) is 23.1 Å². The predicted molar refractivity (Wildman–Crippen MR) is 146 cm³/mol. The van der Waals surface area contributed by atoms with Gasteiger partial charge in [0.2, 0.25) is 0 Å². The molecule has 0 radical (unpaired) electrons. The van der Waals surface area contributed by atoms with E-state index in [4.69, 9.17) is 0 Å². The Morgan fingerprint density at radius 2 is 1.57 bits per heavy atom. The number of carbonyl (C=O) groups excluding carboxylic acids is 1. The number of aliphatic hydroxyl groups is 1. The molecule has 0 atom stereocenters. The zero-order valence-electron chi connectivity index (χ0n) is 19.6. The van der Waals surface area contributed by atoms with E-state index < -0.39 is 5.60 Å². The molecule has 2 aromatic carbocycles. The number of hydrogen-bond acceptors (Lipinski definition) is 8. The molecule has 0 aliphatic heterocycles. The smallest absolute Gasteiger partial charge is 0.270 e. The van der Waals surface area contributed by atoms with Crippen LogP contribution in [0.1, 0.15) is 21.6 Å². The van der Waals surface area contributed by atoms with E-state index in [-0.39, 0.29) is 18.1 Å². The Labute approximate surface area is 222 Å². The van der Waals surface area contributed by atoms with Gasteiger partial charge in [-0.25, -0.2) is 9.97 Å². The third-order valence-electron chi connectivity index (χ3n) is 5.57. The van der Waals surface area contributed by atoms with Crippen LogP contribution in [0.25, 0.3) is 0 Å². The maximum atomic E-state index is 13.0. The first kappa shape index (κ1) is 24.6. The Hall–Kier alpha value is -4.05. The number of benzene rings is 2. The first-order chi connectivity index (χ1) is 18.1. The summed E-state index contributed by atoms with van der Waals surface area (Å²) in [5, 5.41) is 18.4. The summed E-state index contributed by atoms with van der Waals surface area (Å²) in [6.45, 7) is -0.00366. The molecule has 3 heterocycles. The second kappa shape index (κ2) is 11.3. The first-order valence-corrected chi connectivity index (χ1v) is 13.1. The van der Waals surface area contributed by atoms with Crippen LogP contribution in [0.5, 0.6) is 0 Å². The van der Waals surface area contributed by atoms with Crippen molar-refractivity contribution < 1.29 is 9.90 Å². The van der Waals surface area contributed by atoms with Crippen LogP contribution in [0.2, 0.25) is 0 Å².